The fourth-order valence-corrected chi connectivity index (χ4v) is 3.62. The molecule has 0 aliphatic carbocycles. The van der Waals surface area contributed by atoms with Crippen LogP contribution in [0.2, 0.25) is 5.02 Å². The van der Waals surface area contributed by atoms with E-state index in [1.807, 2.05) is 0 Å². The van der Waals surface area contributed by atoms with Crippen LogP contribution in [0.1, 0.15) is 48.0 Å². The Balaban J connectivity index is 2.46. The van der Waals surface area contributed by atoms with Crippen LogP contribution in [0, 0.1) is 12.7 Å². The second-order valence-electron chi connectivity index (χ2n) is 5.37. The van der Waals surface area contributed by atoms with Crippen molar-refractivity contribution in [3.8, 4) is 0 Å². The van der Waals surface area contributed by atoms with Crippen LogP contribution in [0.3, 0.4) is 0 Å². The minimum Gasteiger partial charge on any atom is -0.302 e. The molecule has 0 aliphatic rings. The minimum atomic E-state index is -0.322. The smallest absolute Gasteiger partial charge is 0.125 e. The molecule has 0 saturated carbocycles. The summed E-state index contributed by atoms with van der Waals surface area (Å²) in [6, 6.07) is 4.76. The molecule has 2 rings (SSSR count). The Labute approximate surface area is 134 Å². The lowest BCUT2D eigenvalue weighted by molar-refractivity contribution is 0.522. The fourth-order valence-electron chi connectivity index (χ4n) is 2.29. The predicted molar refractivity (Wildman–Crippen MR) is 87.8 cm³/mol. The summed E-state index contributed by atoms with van der Waals surface area (Å²) < 4.78 is 13.7. The lowest BCUT2D eigenvalue weighted by Gasteiger charge is -2.20. The highest BCUT2D eigenvalue weighted by molar-refractivity contribution is 7.11. The molecule has 0 fully saturated rings. The van der Waals surface area contributed by atoms with Gasteiger partial charge in [0.1, 0.15) is 10.8 Å². The number of hydrogen-bond donors (Lipinski definition) is 1. The normalized spacial score (nSPS) is 12.9. The standard InChI is InChI=1S/C16H20ClFN2S/c1-5-14-10(4)21-16(20-14)15(19-9(2)3)11-6-12(17)8-13(18)7-11/h6-9,15,19H,5H2,1-4H3. The Bertz CT molecular complexity index is 604. The van der Waals surface area contributed by atoms with Crippen LogP contribution in [0.5, 0.6) is 0 Å². The first-order valence-electron chi connectivity index (χ1n) is 7.09. The molecule has 1 atom stereocenters. The van der Waals surface area contributed by atoms with Crippen molar-refractivity contribution in [1.82, 2.24) is 10.3 Å². The zero-order valence-corrected chi connectivity index (χ0v) is 14.3. The maximum absolute atomic E-state index is 13.7. The van der Waals surface area contributed by atoms with Gasteiger partial charge in [0.05, 0.1) is 11.7 Å². The predicted octanol–water partition coefficient (Wildman–Crippen LogP) is 4.89. The van der Waals surface area contributed by atoms with Crippen molar-refractivity contribution >= 4 is 22.9 Å². The van der Waals surface area contributed by atoms with Crippen LogP contribution >= 0.6 is 22.9 Å². The van der Waals surface area contributed by atoms with Crippen molar-refractivity contribution in [1.29, 1.82) is 0 Å². The lowest BCUT2D eigenvalue weighted by Crippen LogP contribution is -2.29. The molecule has 0 bridgehead atoms. The summed E-state index contributed by atoms with van der Waals surface area (Å²) in [5.41, 5.74) is 1.91. The molecule has 0 radical (unpaired) electrons. The van der Waals surface area contributed by atoms with Gasteiger partial charge < -0.3 is 5.32 Å². The topological polar surface area (TPSA) is 24.9 Å². The van der Waals surface area contributed by atoms with E-state index in [0.717, 1.165) is 22.7 Å². The molecule has 1 heterocycles. The van der Waals surface area contributed by atoms with Crippen molar-refractivity contribution in [3.05, 3.63) is 50.2 Å². The molecule has 114 valence electrons. The van der Waals surface area contributed by atoms with Gasteiger partial charge in [-0.2, -0.15) is 0 Å². The monoisotopic (exact) mass is 326 g/mol. The van der Waals surface area contributed by atoms with Gasteiger partial charge in [-0.15, -0.1) is 11.3 Å². The Morgan fingerprint density at radius 2 is 2.05 bits per heavy atom. The van der Waals surface area contributed by atoms with Crippen LogP contribution in [-0.4, -0.2) is 11.0 Å². The van der Waals surface area contributed by atoms with E-state index < -0.39 is 0 Å². The molecule has 21 heavy (non-hydrogen) atoms. The van der Waals surface area contributed by atoms with Gasteiger partial charge in [0.15, 0.2) is 0 Å². The van der Waals surface area contributed by atoms with Crippen molar-refractivity contribution in [3.63, 3.8) is 0 Å². The third-order valence-electron chi connectivity index (χ3n) is 3.21. The molecule has 1 aromatic carbocycles. The molecule has 0 amide bonds. The van der Waals surface area contributed by atoms with Crippen molar-refractivity contribution in [2.75, 3.05) is 0 Å². The van der Waals surface area contributed by atoms with Gasteiger partial charge >= 0.3 is 0 Å². The van der Waals surface area contributed by atoms with Gasteiger partial charge in [-0.1, -0.05) is 18.5 Å². The summed E-state index contributed by atoms with van der Waals surface area (Å²) in [6.07, 6.45) is 0.903. The fraction of sp³-hybridized carbons (Fsp3) is 0.438. The maximum Gasteiger partial charge on any atom is 0.125 e. The van der Waals surface area contributed by atoms with Gasteiger partial charge in [-0.05, 0) is 51.0 Å². The van der Waals surface area contributed by atoms with E-state index in [1.54, 1.807) is 17.4 Å². The molecule has 2 nitrogen and oxygen atoms in total. The van der Waals surface area contributed by atoms with Gasteiger partial charge in [0, 0.05) is 15.9 Å². The molecule has 1 N–H and O–H groups in total. The van der Waals surface area contributed by atoms with Crippen LogP contribution < -0.4 is 5.32 Å². The molecular formula is C16H20ClFN2S. The van der Waals surface area contributed by atoms with Gasteiger partial charge in [-0.25, -0.2) is 9.37 Å². The quantitative estimate of drug-likeness (QED) is 0.845. The number of aryl methyl sites for hydroxylation is 2. The molecule has 1 aromatic heterocycles. The van der Waals surface area contributed by atoms with E-state index in [-0.39, 0.29) is 17.9 Å². The molecule has 0 aliphatic heterocycles. The minimum absolute atomic E-state index is 0.137. The van der Waals surface area contributed by atoms with E-state index in [0.29, 0.717) is 5.02 Å². The SMILES string of the molecule is CCc1nc(C(NC(C)C)c2cc(F)cc(Cl)c2)sc1C. The summed E-state index contributed by atoms with van der Waals surface area (Å²) in [6.45, 7) is 8.30. The third-order valence-corrected chi connectivity index (χ3v) is 4.51. The zero-order chi connectivity index (χ0) is 15.6. The van der Waals surface area contributed by atoms with Gasteiger partial charge in [0.2, 0.25) is 0 Å². The molecule has 0 spiro atoms. The Hall–Kier alpha value is -0.970. The first-order chi connectivity index (χ1) is 9.90. The first-order valence-corrected chi connectivity index (χ1v) is 8.28. The summed E-state index contributed by atoms with van der Waals surface area (Å²) in [5, 5.41) is 4.82. The first kappa shape index (κ1) is 16.4. The largest absolute Gasteiger partial charge is 0.302 e. The van der Waals surface area contributed by atoms with Crippen LogP contribution in [-0.2, 0) is 6.42 Å². The number of benzene rings is 1. The lowest BCUT2D eigenvalue weighted by atomic mass is 10.1. The Morgan fingerprint density at radius 3 is 2.57 bits per heavy atom. The number of nitrogens with zero attached hydrogens (tertiary/aromatic N) is 1. The molecule has 2 aromatic rings. The van der Waals surface area contributed by atoms with E-state index in [4.69, 9.17) is 16.6 Å². The average molecular weight is 327 g/mol. The highest BCUT2D eigenvalue weighted by Gasteiger charge is 2.21. The van der Waals surface area contributed by atoms with Gasteiger partial charge in [-0.3, -0.25) is 0 Å². The third kappa shape index (κ3) is 4.02. The molecule has 0 saturated heterocycles. The van der Waals surface area contributed by atoms with Crippen molar-refractivity contribution in [2.24, 2.45) is 0 Å². The highest BCUT2D eigenvalue weighted by Crippen LogP contribution is 2.30. The average Bonchev–Trinajstić information content (AvgIpc) is 2.75. The number of hydrogen-bond acceptors (Lipinski definition) is 3. The van der Waals surface area contributed by atoms with Crippen molar-refractivity contribution < 1.29 is 4.39 Å². The van der Waals surface area contributed by atoms with E-state index in [9.17, 15) is 4.39 Å². The van der Waals surface area contributed by atoms with E-state index >= 15 is 0 Å². The summed E-state index contributed by atoms with van der Waals surface area (Å²) in [5.74, 6) is -0.322. The van der Waals surface area contributed by atoms with E-state index in [2.05, 4.69) is 33.0 Å². The number of halogens is 2. The van der Waals surface area contributed by atoms with Crippen molar-refractivity contribution in [2.45, 2.75) is 46.2 Å². The number of nitrogens with one attached hydrogen (secondary N) is 1. The van der Waals surface area contributed by atoms with Crippen LogP contribution in [0.4, 0.5) is 4.39 Å². The number of thiazole rings is 1. The summed E-state index contributed by atoms with van der Waals surface area (Å²) in [4.78, 5) is 5.92. The summed E-state index contributed by atoms with van der Waals surface area (Å²) in [7, 11) is 0. The zero-order valence-electron chi connectivity index (χ0n) is 12.7. The second kappa shape index (κ2) is 6.86. The Morgan fingerprint density at radius 1 is 1.33 bits per heavy atom. The molecular weight excluding hydrogens is 307 g/mol. The highest BCUT2D eigenvalue weighted by atomic mass is 35.5. The van der Waals surface area contributed by atoms with Gasteiger partial charge in [0.25, 0.3) is 0 Å². The van der Waals surface area contributed by atoms with Crippen LogP contribution in [0.25, 0.3) is 0 Å². The van der Waals surface area contributed by atoms with Crippen LogP contribution in [0.15, 0.2) is 18.2 Å². The Kier molecular flexibility index (Phi) is 5.36. The summed E-state index contributed by atoms with van der Waals surface area (Å²) >= 11 is 7.65. The molecule has 1 unspecified atom stereocenters. The number of rotatable bonds is 5. The maximum atomic E-state index is 13.7. The molecule has 5 heteroatoms. The van der Waals surface area contributed by atoms with E-state index in [1.165, 1.54) is 17.0 Å². The second-order valence-corrected chi connectivity index (χ2v) is 7.04. The number of aromatic nitrogens is 1.